The van der Waals surface area contributed by atoms with Gasteiger partial charge < -0.3 is 10.6 Å². The molecule has 1 aliphatic rings. The lowest BCUT2D eigenvalue weighted by Crippen LogP contribution is -2.43. The van der Waals surface area contributed by atoms with Gasteiger partial charge in [0.2, 0.25) is 0 Å². The van der Waals surface area contributed by atoms with Crippen molar-refractivity contribution in [3.8, 4) is 0 Å². The van der Waals surface area contributed by atoms with Crippen LogP contribution in [-0.4, -0.2) is 28.9 Å². The molecule has 1 aliphatic heterocycles. The molecular formula is C13H14ClFN2OS. The summed E-state index contributed by atoms with van der Waals surface area (Å²) < 4.78 is 13.4. The van der Waals surface area contributed by atoms with Gasteiger partial charge in [0, 0.05) is 24.6 Å². The van der Waals surface area contributed by atoms with Gasteiger partial charge in [0.1, 0.15) is 5.82 Å². The Hall–Kier alpha value is -1.20. The topological polar surface area (TPSA) is 46.3 Å². The number of hydrogen-bond donors (Lipinski definition) is 1. The minimum Gasteiger partial charge on any atom is -0.393 e. The lowest BCUT2D eigenvalue weighted by Gasteiger charge is -2.32. The summed E-state index contributed by atoms with van der Waals surface area (Å²) in [6.45, 7) is 1.14. The van der Waals surface area contributed by atoms with E-state index in [0.29, 0.717) is 23.6 Å². The number of thiocarbonyl (C=S) groups is 1. The van der Waals surface area contributed by atoms with E-state index in [0.717, 1.165) is 18.9 Å². The summed E-state index contributed by atoms with van der Waals surface area (Å²) in [5, 5.41) is 0.0104. The number of nitrogens with two attached hydrogens (primary N) is 1. The van der Waals surface area contributed by atoms with E-state index in [1.165, 1.54) is 12.1 Å². The van der Waals surface area contributed by atoms with Crippen molar-refractivity contribution in [3.63, 3.8) is 0 Å². The first-order chi connectivity index (χ1) is 8.99. The van der Waals surface area contributed by atoms with Crippen LogP contribution in [0.3, 0.4) is 0 Å². The third-order valence-corrected chi connectivity index (χ3v) is 3.92. The van der Waals surface area contributed by atoms with Gasteiger partial charge >= 0.3 is 0 Å². The highest BCUT2D eigenvalue weighted by molar-refractivity contribution is 7.80. The number of hydrogen-bond acceptors (Lipinski definition) is 2. The molecular weight excluding hydrogens is 287 g/mol. The molecule has 1 aromatic rings. The first kappa shape index (κ1) is 14.2. The SMILES string of the molecule is NC(=S)C1CCCN(C(=O)c2ccc(Cl)c(F)c2)C1. The molecule has 1 aromatic carbocycles. The Balaban J connectivity index is 2.14. The number of nitrogens with zero attached hydrogens (tertiary/aromatic N) is 1. The quantitative estimate of drug-likeness (QED) is 0.854. The van der Waals surface area contributed by atoms with Crippen LogP contribution in [0.5, 0.6) is 0 Å². The van der Waals surface area contributed by atoms with Gasteiger partial charge in [-0.05, 0) is 31.0 Å². The number of amides is 1. The highest BCUT2D eigenvalue weighted by Gasteiger charge is 2.26. The second kappa shape index (κ2) is 5.84. The molecule has 1 amide bonds. The lowest BCUT2D eigenvalue weighted by atomic mass is 9.97. The molecule has 0 aliphatic carbocycles. The molecule has 1 heterocycles. The molecule has 0 aromatic heterocycles. The molecule has 0 spiro atoms. The Morgan fingerprint density at radius 3 is 2.89 bits per heavy atom. The Morgan fingerprint density at radius 1 is 1.53 bits per heavy atom. The highest BCUT2D eigenvalue weighted by atomic mass is 35.5. The van der Waals surface area contributed by atoms with Crippen molar-refractivity contribution in [1.82, 2.24) is 4.90 Å². The molecule has 1 saturated heterocycles. The maximum atomic E-state index is 13.4. The summed E-state index contributed by atoms with van der Waals surface area (Å²) in [5.41, 5.74) is 5.92. The molecule has 6 heteroatoms. The van der Waals surface area contributed by atoms with Crippen LogP contribution >= 0.6 is 23.8 Å². The minimum atomic E-state index is -0.588. The number of carbonyl (C=O) groups is 1. The second-order valence-electron chi connectivity index (χ2n) is 4.62. The van der Waals surface area contributed by atoms with Crippen molar-refractivity contribution in [1.29, 1.82) is 0 Å². The van der Waals surface area contributed by atoms with Gasteiger partial charge in [-0.25, -0.2) is 4.39 Å². The van der Waals surface area contributed by atoms with E-state index >= 15 is 0 Å². The van der Waals surface area contributed by atoms with E-state index in [1.54, 1.807) is 4.90 Å². The van der Waals surface area contributed by atoms with Crippen LogP contribution in [-0.2, 0) is 0 Å². The normalized spacial score (nSPS) is 19.3. The summed E-state index contributed by atoms with van der Waals surface area (Å²) >= 11 is 10.6. The van der Waals surface area contributed by atoms with Gasteiger partial charge in [-0.2, -0.15) is 0 Å². The van der Waals surface area contributed by atoms with E-state index in [9.17, 15) is 9.18 Å². The molecule has 2 N–H and O–H groups in total. The van der Waals surface area contributed by atoms with Gasteiger partial charge in [0.25, 0.3) is 5.91 Å². The standard InChI is InChI=1S/C13H14ClFN2OS/c14-10-4-3-8(6-11(10)15)13(18)17-5-1-2-9(7-17)12(16)19/h3-4,6,9H,1-2,5,7H2,(H2,16,19). The monoisotopic (exact) mass is 300 g/mol. The fourth-order valence-electron chi connectivity index (χ4n) is 2.21. The van der Waals surface area contributed by atoms with Gasteiger partial charge in [-0.1, -0.05) is 23.8 Å². The largest absolute Gasteiger partial charge is 0.393 e. The van der Waals surface area contributed by atoms with E-state index in [4.69, 9.17) is 29.6 Å². The number of halogens is 2. The maximum absolute atomic E-state index is 13.4. The predicted molar refractivity (Wildman–Crippen MR) is 76.8 cm³/mol. The van der Waals surface area contributed by atoms with Crippen LogP contribution in [0.2, 0.25) is 5.02 Å². The lowest BCUT2D eigenvalue weighted by molar-refractivity contribution is 0.0703. The van der Waals surface area contributed by atoms with Crippen LogP contribution in [0.25, 0.3) is 0 Å². The zero-order valence-corrected chi connectivity index (χ0v) is 11.8. The first-order valence-corrected chi connectivity index (χ1v) is 6.81. The average Bonchev–Trinajstić information content (AvgIpc) is 2.41. The van der Waals surface area contributed by atoms with Crippen molar-refractivity contribution in [2.75, 3.05) is 13.1 Å². The zero-order valence-electron chi connectivity index (χ0n) is 10.2. The Labute approximate surface area is 121 Å². The zero-order chi connectivity index (χ0) is 14.0. The molecule has 3 nitrogen and oxygen atoms in total. The van der Waals surface area contributed by atoms with Crippen molar-refractivity contribution < 1.29 is 9.18 Å². The Morgan fingerprint density at radius 2 is 2.26 bits per heavy atom. The van der Waals surface area contributed by atoms with Gasteiger partial charge in [-0.3, -0.25) is 4.79 Å². The van der Waals surface area contributed by atoms with E-state index in [-0.39, 0.29) is 16.8 Å². The van der Waals surface area contributed by atoms with Gasteiger partial charge in [-0.15, -0.1) is 0 Å². The smallest absolute Gasteiger partial charge is 0.253 e. The molecule has 19 heavy (non-hydrogen) atoms. The number of piperidine rings is 1. The van der Waals surface area contributed by atoms with Crippen LogP contribution in [0, 0.1) is 11.7 Å². The van der Waals surface area contributed by atoms with Crippen LogP contribution in [0.15, 0.2) is 18.2 Å². The van der Waals surface area contributed by atoms with Crippen molar-refractivity contribution in [3.05, 3.63) is 34.6 Å². The molecule has 0 saturated carbocycles. The molecule has 1 fully saturated rings. The van der Waals surface area contributed by atoms with E-state index < -0.39 is 5.82 Å². The molecule has 0 bridgehead atoms. The van der Waals surface area contributed by atoms with Crippen LogP contribution < -0.4 is 5.73 Å². The molecule has 1 unspecified atom stereocenters. The number of rotatable bonds is 2. The summed E-state index contributed by atoms with van der Waals surface area (Å²) in [5.74, 6) is -0.753. The van der Waals surface area contributed by atoms with Crippen molar-refractivity contribution >= 4 is 34.7 Å². The minimum absolute atomic E-state index is 0.0104. The van der Waals surface area contributed by atoms with Crippen molar-refractivity contribution in [2.45, 2.75) is 12.8 Å². The van der Waals surface area contributed by atoms with Crippen molar-refractivity contribution in [2.24, 2.45) is 11.7 Å². The molecule has 102 valence electrons. The van der Waals surface area contributed by atoms with E-state index in [1.807, 2.05) is 0 Å². The fraction of sp³-hybridized carbons (Fsp3) is 0.385. The summed E-state index contributed by atoms with van der Waals surface area (Å²) in [6, 6.07) is 4.08. The molecule has 2 rings (SSSR count). The third kappa shape index (κ3) is 3.22. The number of likely N-dealkylation sites (tertiary alicyclic amines) is 1. The van der Waals surface area contributed by atoms with E-state index in [2.05, 4.69) is 0 Å². The summed E-state index contributed by atoms with van der Waals surface area (Å²) in [6.07, 6.45) is 1.75. The highest BCUT2D eigenvalue weighted by Crippen LogP contribution is 2.21. The maximum Gasteiger partial charge on any atom is 0.253 e. The average molecular weight is 301 g/mol. The van der Waals surface area contributed by atoms with Crippen LogP contribution in [0.1, 0.15) is 23.2 Å². The van der Waals surface area contributed by atoms with Gasteiger partial charge in [0.05, 0.1) is 10.0 Å². The number of carbonyl (C=O) groups excluding carboxylic acids is 1. The third-order valence-electron chi connectivity index (χ3n) is 3.28. The second-order valence-corrected chi connectivity index (χ2v) is 5.50. The molecule has 0 radical (unpaired) electrons. The molecule has 1 atom stereocenters. The fourth-order valence-corrected chi connectivity index (χ4v) is 2.52. The Bertz CT molecular complexity index is 523. The number of benzene rings is 1. The van der Waals surface area contributed by atoms with Crippen LogP contribution in [0.4, 0.5) is 4.39 Å². The predicted octanol–water partition coefficient (Wildman–Crippen LogP) is 2.62. The first-order valence-electron chi connectivity index (χ1n) is 6.02. The summed E-state index contributed by atoms with van der Waals surface area (Å²) in [4.78, 5) is 14.4. The van der Waals surface area contributed by atoms with Gasteiger partial charge in [0.15, 0.2) is 0 Å². The Kier molecular flexibility index (Phi) is 4.37. The summed E-state index contributed by atoms with van der Waals surface area (Å²) in [7, 11) is 0.